The van der Waals surface area contributed by atoms with Gasteiger partial charge in [-0.2, -0.15) is 0 Å². The van der Waals surface area contributed by atoms with Crippen molar-refractivity contribution >= 4 is 11.7 Å². The molecular weight excluding hydrogens is 342 g/mol. The van der Waals surface area contributed by atoms with Crippen LogP contribution in [0, 0.1) is 0 Å². The van der Waals surface area contributed by atoms with E-state index < -0.39 is 0 Å². The van der Waals surface area contributed by atoms with Gasteiger partial charge in [-0.25, -0.2) is 9.78 Å². The number of anilines is 1. The van der Waals surface area contributed by atoms with Gasteiger partial charge < -0.3 is 20.1 Å². The van der Waals surface area contributed by atoms with E-state index in [2.05, 4.69) is 33.8 Å². The van der Waals surface area contributed by atoms with Crippen LogP contribution in [-0.2, 0) is 17.6 Å². The average molecular weight is 369 g/mol. The number of ether oxygens (including phenoxy) is 2. The molecule has 144 valence electrons. The number of aromatic nitrogens is 1. The summed E-state index contributed by atoms with van der Waals surface area (Å²) in [7, 11) is 1.62. The molecule has 2 N–H and O–H groups in total. The van der Waals surface area contributed by atoms with Crippen LogP contribution in [0.5, 0.6) is 5.88 Å². The zero-order chi connectivity index (χ0) is 19.1. The highest BCUT2D eigenvalue weighted by molar-refractivity contribution is 5.89. The van der Waals surface area contributed by atoms with Gasteiger partial charge in [-0.15, -0.1) is 0 Å². The molecule has 0 saturated carbocycles. The van der Waals surface area contributed by atoms with Crippen molar-refractivity contribution in [2.24, 2.45) is 0 Å². The molecule has 27 heavy (non-hydrogen) atoms. The molecule has 0 saturated heterocycles. The first-order chi connectivity index (χ1) is 13.2. The molecule has 2 amide bonds. The Morgan fingerprint density at radius 3 is 2.70 bits per heavy atom. The molecule has 0 fully saturated rings. The average Bonchev–Trinajstić information content (AvgIpc) is 2.69. The van der Waals surface area contributed by atoms with Crippen LogP contribution in [0.3, 0.4) is 0 Å². The topological polar surface area (TPSA) is 72.5 Å². The number of benzene rings is 1. The Morgan fingerprint density at radius 2 is 1.96 bits per heavy atom. The van der Waals surface area contributed by atoms with E-state index in [1.54, 1.807) is 25.4 Å². The van der Waals surface area contributed by atoms with E-state index in [4.69, 9.17) is 9.47 Å². The van der Waals surface area contributed by atoms with Gasteiger partial charge in [0.05, 0.1) is 24.5 Å². The number of carbonyl (C=O) groups is 1. The van der Waals surface area contributed by atoms with E-state index in [0.717, 1.165) is 18.4 Å². The number of nitrogens with one attached hydrogen (secondary N) is 2. The number of fused-ring (bicyclic) bond motifs is 1. The summed E-state index contributed by atoms with van der Waals surface area (Å²) in [6.45, 7) is 2.94. The summed E-state index contributed by atoms with van der Waals surface area (Å²) in [5.41, 5.74) is 4.61. The number of rotatable bonds is 7. The number of hydrogen-bond donors (Lipinski definition) is 2. The second-order valence-corrected chi connectivity index (χ2v) is 6.78. The van der Waals surface area contributed by atoms with Crippen molar-refractivity contribution in [1.82, 2.24) is 10.3 Å². The molecule has 1 aliphatic carbocycles. The summed E-state index contributed by atoms with van der Waals surface area (Å²) in [5, 5.41) is 5.79. The zero-order valence-corrected chi connectivity index (χ0v) is 16.0. The van der Waals surface area contributed by atoms with E-state index in [0.29, 0.717) is 24.8 Å². The molecule has 1 unspecified atom stereocenters. The van der Waals surface area contributed by atoms with Gasteiger partial charge in [0.1, 0.15) is 6.61 Å². The zero-order valence-electron chi connectivity index (χ0n) is 16.0. The monoisotopic (exact) mass is 369 g/mol. The maximum atomic E-state index is 12.3. The molecule has 6 heteroatoms. The minimum Gasteiger partial charge on any atom is -0.475 e. The number of hydrogen-bond acceptors (Lipinski definition) is 4. The third-order valence-corrected chi connectivity index (χ3v) is 4.75. The number of amides is 2. The normalized spacial score (nSPS) is 14.1. The van der Waals surface area contributed by atoms with Crippen LogP contribution in [0.15, 0.2) is 36.5 Å². The summed E-state index contributed by atoms with van der Waals surface area (Å²) in [6.07, 6.45) is 6.39. The van der Waals surface area contributed by atoms with Crippen molar-refractivity contribution in [2.75, 3.05) is 25.6 Å². The van der Waals surface area contributed by atoms with Crippen molar-refractivity contribution < 1.29 is 14.3 Å². The second kappa shape index (κ2) is 9.37. The van der Waals surface area contributed by atoms with Crippen LogP contribution in [0.2, 0.25) is 0 Å². The van der Waals surface area contributed by atoms with Crippen molar-refractivity contribution in [3.63, 3.8) is 0 Å². The molecule has 0 spiro atoms. The smallest absolute Gasteiger partial charge is 0.319 e. The first-order valence-corrected chi connectivity index (χ1v) is 9.42. The van der Waals surface area contributed by atoms with Crippen LogP contribution in [0.1, 0.15) is 42.5 Å². The fourth-order valence-electron chi connectivity index (χ4n) is 3.24. The molecule has 6 nitrogen and oxygen atoms in total. The minimum atomic E-state index is -0.255. The van der Waals surface area contributed by atoms with E-state index in [9.17, 15) is 4.79 Å². The lowest BCUT2D eigenvalue weighted by atomic mass is 9.89. The highest BCUT2D eigenvalue weighted by Gasteiger charge is 2.14. The van der Waals surface area contributed by atoms with Crippen molar-refractivity contribution in [3.05, 3.63) is 53.2 Å². The lowest BCUT2D eigenvalue weighted by Gasteiger charge is -2.20. The largest absolute Gasteiger partial charge is 0.475 e. The lowest BCUT2D eigenvalue weighted by Crippen LogP contribution is -2.31. The molecule has 3 rings (SSSR count). The number of aryl methyl sites for hydroxylation is 2. The standard InChI is InChI=1S/C21H27N3O3/c1-15(17-8-7-16-5-3-4-6-18(16)13-17)23-21(25)24-19-9-10-20(22-14-19)27-12-11-26-2/h7-10,13-15H,3-6,11-12H2,1-2H3,(H2,23,24,25). The number of urea groups is 1. The van der Waals surface area contributed by atoms with Crippen LogP contribution in [-0.4, -0.2) is 31.3 Å². The Morgan fingerprint density at radius 1 is 1.15 bits per heavy atom. The predicted molar refractivity (Wildman–Crippen MR) is 105 cm³/mol. The van der Waals surface area contributed by atoms with Crippen LogP contribution >= 0.6 is 0 Å². The molecule has 1 aromatic carbocycles. The molecule has 0 aliphatic heterocycles. The second-order valence-electron chi connectivity index (χ2n) is 6.78. The minimum absolute atomic E-state index is 0.0677. The van der Waals surface area contributed by atoms with Crippen molar-refractivity contribution in [2.45, 2.75) is 38.6 Å². The molecule has 1 aromatic heterocycles. The van der Waals surface area contributed by atoms with Gasteiger partial charge in [-0.1, -0.05) is 18.2 Å². The summed E-state index contributed by atoms with van der Waals surface area (Å²) in [5.74, 6) is 0.500. The van der Waals surface area contributed by atoms with Gasteiger partial charge in [-0.3, -0.25) is 0 Å². The SMILES string of the molecule is COCCOc1ccc(NC(=O)NC(C)c2ccc3c(c2)CCCC3)cn1. The van der Waals surface area contributed by atoms with Gasteiger partial charge in [-0.05, 0) is 55.4 Å². The lowest BCUT2D eigenvalue weighted by molar-refractivity contribution is 0.144. The van der Waals surface area contributed by atoms with Gasteiger partial charge in [0.2, 0.25) is 5.88 Å². The fourth-order valence-corrected chi connectivity index (χ4v) is 3.24. The van der Waals surface area contributed by atoms with Gasteiger partial charge in [0.15, 0.2) is 0 Å². The molecular formula is C21H27N3O3. The maximum absolute atomic E-state index is 12.3. The molecule has 1 aliphatic rings. The Kier molecular flexibility index (Phi) is 6.65. The first-order valence-electron chi connectivity index (χ1n) is 9.42. The molecule has 2 aromatic rings. The maximum Gasteiger partial charge on any atom is 0.319 e. The van der Waals surface area contributed by atoms with Gasteiger partial charge >= 0.3 is 6.03 Å². The van der Waals surface area contributed by atoms with Crippen LogP contribution < -0.4 is 15.4 Å². The highest BCUT2D eigenvalue weighted by Crippen LogP contribution is 2.24. The summed E-state index contributed by atoms with van der Waals surface area (Å²) < 4.78 is 10.3. The quantitative estimate of drug-likeness (QED) is 0.727. The first kappa shape index (κ1) is 19.2. The van der Waals surface area contributed by atoms with Crippen LogP contribution in [0.25, 0.3) is 0 Å². The third-order valence-electron chi connectivity index (χ3n) is 4.75. The predicted octanol–water partition coefficient (Wildman–Crippen LogP) is 3.87. The van der Waals surface area contributed by atoms with Crippen LogP contribution in [0.4, 0.5) is 10.5 Å². The Bertz CT molecular complexity index is 762. The van der Waals surface area contributed by atoms with Crippen molar-refractivity contribution in [3.8, 4) is 5.88 Å². The van der Waals surface area contributed by atoms with Crippen molar-refractivity contribution in [1.29, 1.82) is 0 Å². The number of methoxy groups -OCH3 is 1. The number of carbonyl (C=O) groups excluding carboxylic acids is 1. The van der Waals surface area contributed by atoms with Gasteiger partial charge in [0.25, 0.3) is 0 Å². The summed E-state index contributed by atoms with van der Waals surface area (Å²) in [6, 6.07) is 9.70. The Hall–Kier alpha value is -2.60. The Labute approximate surface area is 160 Å². The van der Waals surface area contributed by atoms with E-state index in [1.807, 2.05) is 6.92 Å². The summed E-state index contributed by atoms with van der Waals surface area (Å²) in [4.78, 5) is 16.5. The van der Waals surface area contributed by atoms with Gasteiger partial charge in [0, 0.05) is 13.2 Å². The van der Waals surface area contributed by atoms with E-state index in [-0.39, 0.29) is 12.1 Å². The molecule has 1 heterocycles. The summed E-state index contributed by atoms with van der Waals surface area (Å²) >= 11 is 0. The molecule has 1 atom stereocenters. The highest BCUT2D eigenvalue weighted by atomic mass is 16.5. The van der Waals surface area contributed by atoms with E-state index in [1.165, 1.54) is 24.0 Å². The number of pyridine rings is 1. The Balaban J connectivity index is 1.52. The molecule has 0 bridgehead atoms. The third kappa shape index (κ3) is 5.44. The number of nitrogens with zero attached hydrogens (tertiary/aromatic N) is 1. The van der Waals surface area contributed by atoms with E-state index >= 15 is 0 Å². The molecule has 0 radical (unpaired) electrons. The fraction of sp³-hybridized carbons (Fsp3) is 0.429.